The van der Waals surface area contributed by atoms with E-state index in [4.69, 9.17) is 49.0 Å². The number of nitrogens with zero attached hydrogens (tertiary/aromatic N) is 1. The number of pyridine rings is 1. The fraction of sp³-hybridized carbons (Fsp3) is 0.182. The Kier molecular flexibility index (Phi) is 7.43. The Morgan fingerprint density at radius 3 is 2.23 bits per heavy atom. The molecule has 0 unspecified atom stereocenters. The molecule has 3 aromatic rings. The van der Waals surface area contributed by atoms with Crippen LogP contribution in [0.5, 0.6) is 17.2 Å². The van der Waals surface area contributed by atoms with Gasteiger partial charge in [-0.15, -0.1) is 0 Å². The van der Waals surface area contributed by atoms with Gasteiger partial charge in [-0.2, -0.15) is 0 Å². The minimum atomic E-state index is -0.250. The predicted molar refractivity (Wildman–Crippen MR) is 118 cm³/mol. The molecule has 0 spiro atoms. The highest BCUT2D eigenvalue weighted by atomic mass is 35.5. The van der Waals surface area contributed by atoms with Crippen LogP contribution in [0.25, 0.3) is 0 Å². The van der Waals surface area contributed by atoms with Crippen molar-refractivity contribution in [2.45, 2.75) is 13.0 Å². The number of hydrogen-bond acceptors (Lipinski definition) is 5. The molecule has 0 atom stereocenters. The molecular formula is C22H18Cl3NO4. The van der Waals surface area contributed by atoms with E-state index in [0.717, 1.165) is 5.56 Å². The van der Waals surface area contributed by atoms with Crippen molar-refractivity contribution < 1.29 is 19.0 Å². The maximum atomic E-state index is 13.1. The van der Waals surface area contributed by atoms with E-state index in [1.165, 1.54) is 26.6 Å². The molecule has 1 aromatic heterocycles. The molecule has 0 radical (unpaired) electrons. The molecule has 0 amide bonds. The molecule has 5 nitrogen and oxygen atoms in total. The van der Waals surface area contributed by atoms with E-state index in [-0.39, 0.29) is 24.6 Å². The van der Waals surface area contributed by atoms with Crippen LogP contribution in [0.15, 0.2) is 48.8 Å². The topological polar surface area (TPSA) is 57.7 Å². The third-order valence-electron chi connectivity index (χ3n) is 4.42. The Morgan fingerprint density at radius 1 is 0.900 bits per heavy atom. The van der Waals surface area contributed by atoms with Crippen molar-refractivity contribution in [3.63, 3.8) is 0 Å². The van der Waals surface area contributed by atoms with Crippen molar-refractivity contribution >= 4 is 40.6 Å². The summed E-state index contributed by atoms with van der Waals surface area (Å²) in [6, 6.07) is 10.6. The fourth-order valence-electron chi connectivity index (χ4n) is 2.89. The monoisotopic (exact) mass is 465 g/mol. The van der Waals surface area contributed by atoms with Gasteiger partial charge >= 0.3 is 0 Å². The maximum Gasteiger partial charge on any atom is 0.204 e. The van der Waals surface area contributed by atoms with E-state index < -0.39 is 0 Å². The molecular weight excluding hydrogens is 449 g/mol. The van der Waals surface area contributed by atoms with Crippen LogP contribution in [0.1, 0.15) is 21.5 Å². The highest BCUT2D eigenvalue weighted by molar-refractivity contribution is 6.36. The molecule has 0 N–H and O–H groups in total. The lowest BCUT2D eigenvalue weighted by Crippen LogP contribution is -2.10. The highest BCUT2D eigenvalue weighted by Crippen LogP contribution is 2.41. The van der Waals surface area contributed by atoms with E-state index in [9.17, 15) is 4.79 Å². The minimum Gasteiger partial charge on any atom is -0.493 e. The van der Waals surface area contributed by atoms with Crippen LogP contribution < -0.4 is 14.2 Å². The van der Waals surface area contributed by atoms with Crippen LogP contribution in [0.2, 0.25) is 15.1 Å². The Morgan fingerprint density at radius 2 is 1.60 bits per heavy atom. The molecule has 156 valence electrons. The molecule has 1 heterocycles. The van der Waals surface area contributed by atoms with Crippen LogP contribution in [0, 0.1) is 0 Å². The van der Waals surface area contributed by atoms with E-state index in [1.54, 1.807) is 18.2 Å². The number of ether oxygens (including phenoxy) is 3. The number of carbonyl (C=O) groups excluding carboxylic acids is 1. The number of Topliss-reactive ketones (excluding diaryl/α,β-unsaturated/α-hetero) is 1. The van der Waals surface area contributed by atoms with Crippen molar-refractivity contribution in [1.82, 2.24) is 4.98 Å². The molecule has 0 bridgehead atoms. The average Bonchev–Trinajstić information content (AvgIpc) is 2.74. The summed E-state index contributed by atoms with van der Waals surface area (Å²) in [5.41, 5.74) is 1.57. The van der Waals surface area contributed by atoms with Gasteiger partial charge in [0.05, 0.1) is 29.8 Å². The standard InChI is InChI=1S/C22H18Cl3NO4/c1-28-20-8-7-14(19(27)9-15-17(24)10-26-11-18(15)25)21(22(20)29-2)30-12-13-5-3-4-6-16(13)23/h3-8,10-11H,9,12H2,1-2H3. The molecule has 0 fully saturated rings. The number of carbonyl (C=O) groups is 1. The minimum absolute atomic E-state index is 0.0296. The SMILES string of the molecule is COc1ccc(C(=O)Cc2c(Cl)cncc2Cl)c(OCc2ccccc2Cl)c1OC. The molecule has 2 aromatic carbocycles. The maximum absolute atomic E-state index is 13.1. The number of halogens is 3. The van der Waals surface area contributed by atoms with E-state index in [0.29, 0.717) is 37.7 Å². The number of hydrogen-bond donors (Lipinski definition) is 0. The quantitative estimate of drug-likeness (QED) is 0.377. The lowest BCUT2D eigenvalue weighted by molar-refractivity contribution is 0.0987. The number of benzene rings is 2. The van der Waals surface area contributed by atoms with Crippen LogP contribution in [-0.2, 0) is 13.0 Å². The third-order valence-corrected chi connectivity index (χ3v) is 5.44. The molecule has 8 heteroatoms. The van der Waals surface area contributed by atoms with Crippen LogP contribution in [-0.4, -0.2) is 25.0 Å². The third kappa shape index (κ3) is 4.81. The zero-order valence-corrected chi connectivity index (χ0v) is 18.5. The molecule has 0 saturated carbocycles. The van der Waals surface area contributed by atoms with Gasteiger partial charge in [0.15, 0.2) is 17.3 Å². The fourth-order valence-corrected chi connectivity index (χ4v) is 3.58. The summed E-state index contributed by atoms with van der Waals surface area (Å²) in [4.78, 5) is 17.1. The normalized spacial score (nSPS) is 10.6. The molecule has 0 saturated heterocycles. The number of methoxy groups -OCH3 is 2. The van der Waals surface area contributed by atoms with Gasteiger partial charge in [0.2, 0.25) is 5.75 Å². The smallest absolute Gasteiger partial charge is 0.204 e. The molecule has 0 aliphatic heterocycles. The van der Waals surface area contributed by atoms with Gasteiger partial charge in [-0.1, -0.05) is 53.0 Å². The van der Waals surface area contributed by atoms with Gasteiger partial charge < -0.3 is 14.2 Å². The summed E-state index contributed by atoms with van der Waals surface area (Å²) in [5, 5.41) is 1.19. The summed E-state index contributed by atoms with van der Waals surface area (Å²) in [6.45, 7) is 0.139. The number of ketones is 1. The summed E-state index contributed by atoms with van der Waals surface area (Å²) in [5.74, 6) is 0.744. The second kappa shape index (κ2) is 10.0. The van der Waals surface area contributed by atoms with E-state index >= 15 is 0 Å². The zero-order chi connectivity index (χ0) is 21.7. The first-order chi connectivity index (χ1) is 14.5. The van der Waals surface area contributed by atoms with Gasteiger partial charge in [-0.25, -0.2) is 0 Å². The van der Waals surface area contributed by atoms with Gasteiger partial charge in [0.1, 0.15) is 6.61 Å². The van der Waals surface area contributed by atoms with Crippen LogP contribution in [0.4, 0.5) is 0 Å². The summed E-state index contributed by atoms with van der Waals surface area (Å²) in [7, 11) is 2.98. The number of aromatic nitrogens is 1. The lowest BCUT2D eigenvalue weighted by Gasteiger charge is -2.18. The first-order valence-electron chi connectivity index (χ1n) is 8.88. The first kappa shape index (κ1) is 22.2. The second-order valence-corrected chi connectivity index (χ2v) is 7.46. The van der Waals surface area contributed by atoms with E-state index in [1.807, 2.05) is 18.2 Å². The summed E-state index contributed by atoms with van der Waals surface area (Å²) in [6.07, 6.45) is 2.86. The molecule has 0 aliphatic carbocycles. The number of rotatable bonds is 8. The average molecular weight is 467 g/mol. The van der Waals surface area contributed by atoms with Crippen molar-refractivity contribution in [3.8, 4) is 17.2 Å². The highest BCUT2D eigenvalue weighted by Gasteiger charge is 2.23. The second-order valence-electron chi connectivity index (χ2n) is 6.24. The van der Waals surface area contributed by atoms with Crippen molar-refractivity contribution in [3.05, 3.63) is 80.6 Å². The Bertz CT molecular complexity index is 1050. The van der Waals surface area contributed by atoms with Crippen molar-refractivity contribution in [1.29, 1.82) is 0 Å². The van der Waals surface area contributed by atoms with Gasteiger partial charge in [0, 0.05) is 35.0 Å². The lowest BCUT2D eigenvalue weighted by atomic mass is 10.0. The predicted octanol–water partition coefficient (Wildman–Crippen LogP) is 6.06. The molecule has 30 heavy (non-hydrogen) atoms. The van der Waals surface area contributed by atoms with E-state index in [2.05, 4.69) is 4.98 Å². The summed E-state index contributed by atoms with van der Waals surface area (Å²) >= 11 is 18.6. The molecule has 0 aliphatic rings. The van der Waals surface area contributed by atoms with Gasteiger partial charge in [-0.3, -0.25) is 9.78 Å². The zero-order valence-electron chi connectivity index (χ0n) is 16.2. The Balaban J connectivity index is 1.99. The van der Waals surface area contributed by atoms with Gasteiger partial charge in [-0.05, 0) is 18.2 Å². The van der Waals surface area contributed by atoms with Crippen LogP contribution in [0.3, 0.4) is 0 Å². The Hall–Kier alpha value is -2.47. The van der Waals surface area contributed by atoms with Crippen molar-refractivity contribution in [2.75, 3.05) is 14.2 Å². The summed E-state index contributed by atoms with van der Waals surface area (Å²) < 4.78 is 16.8. The largest absolute Gasteiger partial charge is 0.493 e. The van der Waals surface area contributed by atoms with Crippen molar-refractivity contribution in [2.24, 2.45) is 0 Å². The van der Waals surface area contributed by atoms with Crippen LogP contribution >= 0.6 is 34.8 Å². The van der Waals surface area contributed by atoms with Gasteiger partial charge in [0.25, 0.3) is 0 Å². The molecule has 3 rings (SSSR count). The first-order valence-corrected chi connectivity index (χ1v) is 10.0. The Labute approximate surface area is 189 Å².